The number of hydrogen-bond donors (Lipinski definition) is 1. The summed E-state index contributed by atoms with van der Waals surface area (Å²) in [5.74, 6) is 2.18. The van der Waals surface area contributed by atoms with Crippen molar-refractivity contribution in [1.82, 2.24) is 24.4 Å². The molecule has 2 atom stereocenters. The van der Waals surface area contributed by atoms with Gasteiger partial charge in [0.05, 0.1) is 42.2 Å². The van der Waals surface area contributed by atoms with Gasteiger partial charge in [-0.15, -0.1) is 0 Å². The van der Waals surface area contributed by atoms with Gasteiger partial charge in [0, 0.05) is 18.9 Å². The minimum atomic E-state index is -2.70. The highest BCUT2D eigenvalue weighted by atomic mass is 32.1. The van der Waals surface area contributed by atoms with Crippen molar-refractivity contribution < 1.29 is 13.5 Å². The summed E-state index contributed by atoms with van der Waals surface area (Å²) in [5.41, 5.74) is 1.15. The average Bonchev–Trinajstić information content (AvgIpc) is 3.66. The summed E-state index contributed by atoms with van der Waals surface area (Å²) < 4.78 is 36.9. The van der Waals surface area contributed by atoms with Gasteiger partial charge in [-0.3, -0.25) is 4.68 Å². The van der Waals surface area contributed by atoms with Crippen LogP contribution in [0.3, 0.4) is 0 Å². The SMILES string of the molecule is CC(C)C1CCC(n2cc(NC(=S)c3cnn4ccc(N5C[C@H]6C[C@@H]5CO6)nc34)c(C(F)F)n2)CC1. The van der Waals surface area contributed by atoms with Crippen LogP contribution in [0.5, 0.6) is 0 Å². The Balaban J connectivity index is 1.23. The first kappa shape index (κ1) is 23.7. The topological polar surface area (TPSA) is 72.5 Å². The molecule has 0 aromatic carbocycles. The average molecular weight is 516 g/mol. The quantitative estimate of drug-likeness (QED) is 0.463. The number of halogens is 2. The second-order valence-electron chi connectivity index (χ2n) is 10.6. The van der Waals surface area contributed by atoms with Gasteiger partial charge in [-0.25, -0.2) is 18.3 Å². The zero-order chi connectivity index (χ0) is 25.0. The summed E-state index contributed by atoms with van der Waals surface area (Å²) >= 11 is 5.65. The minimum Gasteiger partial charge on any atom is -0.374 e. The van der Waals surface area contributed by atoms with E-state index in [1.807, 2.05) is 12.3 Å². The van der Waals surface area contributed by atoms with Crippen LogP contribution in [0.4, 0.5) is 20.3 Å². The van der Waals surface area contributed by atoms with Gasteiger partial charge in [-0.05, 0) is 50.0 Å². The molecule has 3 aromatic rings. The second-order valence-corrected chi connectivity index (χ2v) is 11.0. The molecule has 6 rings (SSSR count). The van der Waals surface area contributed by atoms with Crippen molar-refractivity contribution >= 4 is 34.4 Å². The number of aromatic nitrogens is 5. The first-order valence-corrected chi connectivity index (χ1v) is 13.2. The number of ether oxygens (including phenoxy) is 1. The van der Waals surface area contributed by atoms with Gasteiger partial charge >= 0.3 is 0 Å². The molecule has 1 saturated carbocycles. The van der Waals surface area contributed by atoms with E-state index in [1.165, 1.54) is 0 Å². The Morgan fingerprint density at radius 2 is 2.00 bits per heavy atom. The van der Waals surface area contributed by atoms with Gasteiger partial charge in [-0.2, -0.15) is 10.2 Å². The third-order valence-corrected chi connectivity index (χ3v) is 8.39. The van der Waals surface area contributed by atoms with Crippen molar-refractivity contribution in [2.45, 2.75) is 70.6 Å². The Bertz CT molecular complexity index is 1270. The van der Waals surface area contributed by atoms with E-state index < -0.39 is 6.43 Å². The van der Waals surface area contributed by atoms with Crippen molar-refractivity contribution in [2.24, 2.45) is 11.8 Å². The molecule has 11 heteroatoms. The summed E-state index contributed by atoms with van der Waals surface area (Å²) in [5, 5.41) is 11.7. The van der Waals surface area contributed by atoms with Gasteiger partial charge in [0.2, 0.25) is 0 Å². The third kappa shape index (κ3) is 4.26. The molecule has 2 aliphatic heterocycles. The standard InChI is InChI=1S/C25H31F2N7OS/c1-14(2)15-3-5-16(6-4-15)34-12-20(22(31-34)23(26)27)29-25(36)19-10-28-33-8-7-21(30-24(19)33)32-11-18-9-17(32)13-35-18/h7-8,10,12,14-18,23H,3-6,9,11,13H2,1-2H3,(H,29,36)/t15?,16?,17-,18-/m1/s1. The molecular weight excluding hydrogens is 484 g/mol. The Hall–Kier alpha value is -2.66. The van der Waals surface area contributed by atoms with E-state index in [4.69, 9.17) is 21.9 Å². The van der Waals surface area contributed by atoms with Crippen LogP contribution < -0.4 is 10.2 Å². The monoisotopic (exact) mass is 515 g/mol. The van der Waals surface area contributed by atoms with Crippen LogP contribution in [-0.4, -0.2) is 54.7 Å². The van der Waals surface area contributed by atoms with E-state index in [9.17, 15) is 8.78 Å². The van der Waals surface area contributed by atoms with Crippen molar-refractivity contribution in [3.63, 3.8) is 0 Å². The van der Waals surface area contributed by atoms with Crippen molar-refractivity contribution in [2.75, 3.05) is 23.4 Å². The van der Waals surface area contributed by atoms with E-state index in [0.717, 1.165) is 44.5 Å². The first-order chi connectivity index (χ1) is 17.4. The van der Waals surface area contributed by atoms with Gasteiger partial charge in [-0.1, -0.05) is 26.1 Å². The lowest BCUT2D eigenvalue weighted by Gasteiger charge is -2.30. The van der Waals surface area contributed by atoms with Crippen LogP contribution in [0.2, 0.25) is 0 Å². The first-order valence-electron chi connectivity index (χ1n) is 12.8. The summed E-state index contributed by atoms with van der Waals surface area (Å²) in [6.07, 6.45) is 7.80. The summed E-state index contributed by atoms with van der Waals surface area (Å²) in [7, 11) is 0. The minimum absolute atomic E-state index is 0.127. The molecule has 2 saturated heterocycles. The molecule has 2 bridgehead atoms. The molecule has 1 aliphatic carbocycles. The molecule has 0 spiro atoms. The fourth-order valence-corrected chi connectivity index (χ4v) is 6.19. The lowest BCUT2D eigenvalue weighted by molar-refractivity contribution is 0.0989. The summed E-state index contributed by atoms with van der Waals surface area (Å²) in [6, 6.07) is 2.40. The van der Waals surface area contributed by atoms with E-state index in [2.05, 4.69) is 34.3 Å². The van der Waals surface area contributed by atoms with Crippen LogP contribution in [0.15, 0.2) is 24.7 Å². The number of rotatable bonds is 6. The fourth-order valence-electron chi connectivity index (χ4n) is 5.93. The van der Waals surface area contributed by atoms with Gasteiger partial charge < -0.3 is 15.0 Å². The molecule has 0 unspecified atom stereocenters. The highest BCUT2D eigenvalue weighted by Gasteiger charge is 2.39. The second kappa shape index (κ2) is 9.33. The zero-order valence-corrected chi connectivity index (χ0v) is 21.3. The van der Waals surface area contributed by atoms with E-state index in [-0.39, 0.29) is 23.5 Å². The van der Waals surface area contributed by atoms with Crippen LogP contribution >= 0.6 is 12.2 Å². The van der Waals surface area contributed by atoms with Crippen molar-refractivity contribution in [1.29, 1.82) is 0 Å². The Morgan fingerprint density at radius 3 is 2.67 bits per heavy atom. The number of alkyl halides is 2. The van der Waals surface area contributed by atoms with E-state index in [1.54, 1.807) is 21.6 Å². The van der Waals surface area contributed by atoms with Gasteiger partial charge in [0.1, 0.15) is 10.8 Å². The predicted octanol–water partition coefficient (Wildman–Crippen LogP) is 5.02. The predicted molar refractivity (Wildman–Crippen MR) is 137 cm³/mol. The van der Waals surface area contributed by atoms with Crippen molar-refractivity contribution in [3.8, 4) is 0 Å². The lowest BCUT2D eigenvalue weighted by Crippen LogP contribution is -2.37. The molecule has 3 fully saturated rings. The molecule has 1 N–H and O–H groups in total. The van der Waals surface area contributed by atoms with Crippen LogP contribution in [0.25, 0.3) is 5.65 Å². The largest absolute Gasteiger partial charge is 0.374 e. The van der Waals surface area contributed by atoms with Gasteiger partial charge in [0.15, 0.2) is 11.3 Å². The molecule has 3 aliphatic rings. The van der Waals surface area contributed by atoms with Crippen molar-refractivity contribution in [3.05, 3.63) is 35.9 Å². The highest BCUT2D eigenvalue weighted by molar-refractivity contribution is 7.81. The maximum absolute atomic E-state index is 13.9. The molecule has 0 radical (unpaired) electrons. The lowest BCUT2D eigenvalue weighted by atomic mass is 9.80. The normalized spacial score (nSPS) is 26.0. The zero-order valence-electron chi connectivity index (χ0n) is 20.5. The molecule has 3 aromatic heterocycles. The molecular formula is C25H31F2N7OS. The number of nitrogens with one attached hydrogen (secondary N) is 1. The van der Waals surface area contributed by atoms with Crippen LogP contribution in [0, 0.1) is 11.8 Å². The van der Waals surface area contributed by atoms with Gasteiger partial charge in [0.25, 0.3) is 6.43 Å². The number of nitrogens with zero attached hydrogens (tertiary/aromatic N) is 6. The number of thiocarbonyl (C=S) groups is 1. The number of fused-ring (bicyclic) bond motifs is 3. The molecule has 36 heavy (non-hydrogen) atoms. The number of hydrogen-bond acceptors (Lipinski definition) is 6. The van der Waals surface area contributed by atoms with Crippen LogP contribution in [-0.2, 0) is 4.74 Å². The Morgan fingerprint density at radius 1 is 1.19 bits per heavy atom. The highest BCUT2D eigenvalue weighted by Crippen LogP contribution is 2.37. The molecule has 5 heterocycles. The number of anilines is 2. The Labute approximate surface area is 214 Å². The maximum atomic E-state index is 13.9. The molecule has 0 amide bonds. The third-order valence-electron chi connectivity index (χ3n) is 8.07. The maximum Gasteiger partial charge on any atom is 0.284 e. The summed E-state index contributed by atoms with van der Waals surface area (Å²) in [4.78, 5) is 7.39. The van der Waals surface area contributed by atoms with E-state index >= 15 is 0 Å². The fraction of sp³-hybridized carbons (Fsp3) is 0.600. The smallest absolute Gasteiger partial charge is 0.284 e. The van der Waals surface area contributed by atoms with E-state index in [0.29, 0.717) is 40.7 Å². The molecule has 192 valence electrons. The molecule has 8 nitrogen and oxygen atoms in total. The summed E-state index contributed by atoms with van der Waals surface area (Å²) in [6.45, 7) is 6.02. The number of morpholine rings is 1. The Kier molecular flexibility index (Phi) is 6.15. The van der Waals surface area contributed by atoms with Crippen LogP contribution in [0.1, 0.15) is 69.7 Å².